The van der Waals surface area contributed by atoms with Crippen molar-refractivity contribution in [3.63, 3.8) is 0 Å². The van der Waals surface area contributed by atoms with Crippen molar-refractivity contribution in [1.29, 1.82) is 0 Å². The van der Waals surface area contributed by atoms with Crippen LogP contribution in [-0.2, 0) is 30.8 Å². The summed E-state index contributed by atoms with van der Waals surface area (Å²) in [6.07, 6.45) is -3.66. The van der Waals surface area contributed by atoms with Crippen LogP contribution in [0.3, 0.4) is 0 Å². The fourth-order valence-electron chi connectivity index (χ4n) is 5.11. The van der Waals surface area contributed by atoms with Crippen molar-refractivity contribution < 1.29 is 36.0 Å². The van der Waals surface area contributed by atoms with Gasteiger partial charge < -0.3 is 15.1 Å². The topological polar surface area (TPSA) is 119 Å². The van der Waals surface area contributed by atoms with E-state index in [4.69, 9.17) is 0 Å². The third-order valence-electron chi connectivity index (χ3n) is 7.92. The summed E-state index contributed by atoms with van der Waals surface area (Å²) in [5.74, 6) is -2.87. The first-order chi connectivity index (χ1) is 21.2. The second-order valence-electron chi connectivity index (χ2n) is 11.4. The molecule has 0 unspecified atom stereocenters. The van der Waals surface area contributed by atoms with E-state index in [0.29, 0.717) is 12.8 Å². The Hall–Kier alpha value is -3.49. The Morgan fingerprint density at radius 3 is 2.24 bits per heavy atom. The summed E-state index contributed by atoms with van der Waals surface area (Å²) in [5.41, 5.74) is 0.775. The normalized spacial score (nSPS) is 16.8. The Labute approximate surface area is 263 Å². The number of hydrogen-bond donors (Lipinski definition) is 2. The van der Waals surface area contributed by atoms with Gasteiger partial charge in [-0.1, -0.05) is 48.5 Å². The van der Waals surface area contributed by atoms with Crippen LogP contribution in [0.4, 0.5) is 13.2 Å². The Kier molecular flexibility index (Phi) is 12.9. The number of halogens is 3. The van der Waals surface area contributed by atoms with Gasteiger partial charge in [-0.2, -0.15) is 13.2 Å². The van der Waals surface area contributed by atoms with E-state index in [1.807, 2.05) is 0 Å². The highest BCUT2D eigenvalue weighted by Crippen LogP contribution is 2.24. The molecule has 10 nitrogen and oxygen atoms in total. The lowest BCUT2D eigenvalue weighted by molar-refractivity contribution is -0.186. The number of rotatable bonds is 15. The van der Waals surface area contributed by atoms with Crippen LogP contribution < -0.4 is 10.0 Å². The van der Waals surface area contributed by atoms with Crippen LogP contribution in [0.5, 0.6) is 0 Å². The summed E-state index contributed by atoms with van der Waals surface area (Å²) >= 11 is 0. The molecule has 1 fully saturated rings. The van der Waals surface area contributed by atoms with E-state index in [1.165, 1.54) is 17.0 Å². The molecular weight excluding hydrogens is 611 g/mol. The van der Waals surface area contributed by atoms with Gasteiger partial charge in [0.15, 0.2) is 0 Å². The number of amides is 3. The van der Waals surface area contributed by atoms with Gasteiger partial charge >= 0.3 is 12.1 Å². The third-order valence-corrected chi connectivity index (χ3v) is 9.40. The first kappa shape index (κ1) is 36.0. The molecule has 0 aromatic heterocycles. The van der Waals surface area contributed by atoms with Crippen LogP contribution in [-0.4, -0.2) is 105 Å². The van der Waals surface area contributed by atoms with Gasteiger partial charge in [0.1, 0.15) is 6.04 Å². The zero-order valence-corrected chi connectivity index (χ0v) is 26.6. The molecule has 1 heterocycles. The summed E-state index contributed by atoms with van der Waals surface area (Å²) < 4.78 is 68.4. The molecule has 0 bridgehead atoms. The lowest BCUT2D eigenvalue weighted by Crippen LogP contribution is -2.55. The zero-order valence-electron chi connectivity index (χ0n) is 25.8. The van der Waals surface area contributed by atoms with Crippen LogP contribution in [0.1, 0.15) is 38.2 Å². The third kappa shape index (κ3) is 10.5. The molecule has 2 N–H and O–H groups in total. The van der Waals surface area contributed by atoms with Gasteiger partial charge in [0.05, 0.1) is 10.9 Å². The lowest BCUT2D eigenvalue weighted by Gasteiger charge is -2.34. The van der Waals surface area contributed by atoms with Gasteiger partial charge in [-0.25, -0.2) is 13.1 Å². The molecule has 3 rings (SSSR count). The number of likely N-dealkylation sites (tertiary alicyclic amines) is 1. The molecule has 1 saturated heterocycles. The molecule has 0 saturated carbocycles. The highest BCUT2D eigenvalue weighted by molar-refractivity contribution is 7.89. The maximum Gasteiger partial charge on any atom is 0.471 e. The first-order valence-electron chi connectivity index (χ1n) is 14.9. The van der Waals surface area contributed by atoms with Crippen LogP contribution in [0.15, 0.2) is 65.6 Å². The number of benzene rings is 2. The van der Waals surface area contributed by atoms with Crippen molar-refractivity contribution in [3.8, 4) is 0 Å². The Morgan fingerprint density at radius 1 is 1.02 bits per heavy atom. The molecule has 2 aromatic carbocycles. The Morgan fingerprint density at radius 2 is 1.64 bits per heavy atom. The van der Waals surface area contributed by atoms with Crippen LogP contribution in [0.25, 0.3) is 0 Å². The number of alkyl halides is 3. The predicted octanol–water partition coefficient (Wildman–Crippen LogP) is 2.80. The molecule has 3 atom stereocenters. The minimum Gasteiger partial charge on any atom is -0.343 e. The molecule has 1 aliphatic rings. The monoisotopic (exact) mass is 653 g/mol. The van der Waals surface area contributed by atoms with E-state index in [1.54, 1.807) is 74.4 Å². The molecule has 14 heteroatoms. The second kappa shape index (κ2) is 16.2. The Bertz CT molecular complexity index is 1380. The summed E-state index contributed by atoms with van der Waals surface area (Å²) in [6.45, 7) is 1.44. The quantitative estimate of drug-likeness (QED) is 0.286. The number of carbonyl (C=O) groups excluding carboxylic acids is 3. The fraction of sp³-hybridized carbons (Fsp3) is 0.516. The molecule has 0 aliphatic carbocycles. The number of carbonyl (C=O) groups is 3. The van der Waals surface area contributed by atoms with Crippen molar-refractivity contribution in [1.82, 2.24) is 24.7 Å². The van der Waals surface area contributed by atoms with Gasteiger partial charge in [0.25, 0.3) is 0 Å². The average Bonchev–Trinajstić information content (AvgIpc) is 3.48. The number of hydrogen-bond acceptors (Lipinski definition) is 6. The number of nitrogens with one attached hydrogen (secondary N) is 2. The van der Waals surface area contributed by atoms with Crippen molar-refractivity contribution in [2.45, 2.75) is 68.2 Å². The summed E-state index contributed by atoms with van der Waals surface area (Å²) in [6, 6.07) is 14.4. The molecule has 0 spiro atoms. The Balaban J connectivity index is 1.73. The van der Waals surface area contributed by atoms with Crippen LogP contribution in [0, 0.1) is 0 Å². The molecular formula is C31H42F3N5O5S. The van der Waals surface area contributed by atoms with Crippen molar-refractivity contribution >= 4 is 27.7 Å². The zero-order chi connectivity index (χ0) is 33.2. The molecule has 2 aromatic rings. The summed E-state index contributed by atoms with van der Waals surface area (Å²) in [5, 5.41) is 2.76. The lowest BCUT2D eigenvalue weighted by atomic mass is 10.1. The standard InChI is InChI=1S/C31H42F3N5O5S/c1-23(37(2)3)28(40)36-27(17-10-19-35-45(43,44)26-15-8-5-9-16-26)29(41)39-20-11-14-25(39)22-38(30(42)31(32,33)34)21-18-24-12-6-4-7-13-24/h4-9,12-13,15-16,23,25,27,35H,10-11,14,17-22H2,1-3H3,(H,36,40)/t23-,25-,27-/m0/s1. The largest absolute Gasteiger partial charge is 0.471 e. The highest BCUT2D eigenvalue weighted by Gasteiger charge is 2.44. The predicted molar refractivity (Wildman–Crippen MR) is 163 cm³/mol. The van der Waals surface area contributed by atoms with E-state index < -0.39 is 52.0 Å². The van der Waals surface area contributed by atoms with Crippen molar-refractivity contribution in [2.24, 2.45) is 0 Å². The van der Waals surface area contributed by atoms with Crippen molar-refractivity contribution in [2.75, 3.05) is 40.3 Å². The first-order valence-corrected chi connectivity index (χ1v) is 16.4. The smallest absolute Gasteiger partial charge is 0.343 e. The summed E-state index contributed by atoms with van der Waals surface area (Å²) in [7, 11) is -0.367. The molecule has 3 amide bonds. The second-order valence-corrected chi connectivity index (χ2v) is 13.1. The minimum absolute atomic E-state index is 0.00309. The number of nitrogens with zero attached hydrogens (tertiary/aromatic N) is 3. The average molecular weight is 654 g/mol. The van der Waals surface area contributed by atoms with Gasteiger partial charge in [-0.3, -0.25) is 19.3 Å². The minimum atomic E-state index is -5.07. The van der Waals surface area contributed by atoms with E-state index in [9.17, 15) is 36.0 Å². The van der Waals surface area contributed by atoms with Crippen LogP contribution in [0.2, 0.25) is 0 Å². The van der Waals surface area contributed by atoms with E-state index in [2.05, 4.69) is 10.0 Å². The van der Waals surface area contributed by atoms with E-state index >= 15 is 0 Å². The van der Waals surface area contributed by atoms with Gasteiger partial charge in [-0.15, -0.1) is 0 Å². The van der Waals surface area contributed by atoms with Gasteiger partial charge in [0, 0.05) is 32.2 Å². The van der Waals surface area contributed by atoms with Crippen molar-refractivity contribution in [3.05, 3.63) is 66.2 Å². The number of likely N-dealkylation sites (N-methyl/N-ethyl adjacent to an activating group) is 1. The SMILES string of the molecule is C[C@@H](C(=O)N[C@@H](CCCNS(=O)(=O)c1ccccc1)C(=O)N1CCC[C@H]1CN(CCc1ccccc1)C(=O)C(F)(F)F)N(C)C. The van der Waals surface area contributed by atoms with Gasteiger partial charge in [0.2, 0.25) is 21.8 Å². The molecule has 1 aliphatic heterocycles. The molecule has 248 valence electrons. The maximum atomic E-state index is 13.9. The van der Waals surface area contributed by atoms with E-state index in [-0.39, 0.29) is 50.3 Å². The maximum absolute atomic E-state index is 13.9. The fourth-order valence-corrected chi connectivity index (χ4v) is 6.21. The van der Waals surface area contributed by atoms with E-state index in [0.717, 1.165) is 10.5 Å². The highest BCUT2D eigenvalue weighted by atomic mass is 32.2. The number of sulfonamides is 1. The summed E-state index contributed by atoms with van der Waals surface area (Å²) in [4.78, 5) is 43.2. The molecule has 45 heavy (non-hydrogen) atoms. The van der Waals surface area contributed by atoms with Gasteiger partial charge in [-0.05, 0) is 70.8 Å². The van der Waals surface area contributed by atoms with Crippen LogP contribution >= 0.6 is 0 Å². The molecule has 0 radical (unpaired) electrons.